The Morgan fingerprint density at radius 3 is 2.21 bits per heavy atom. The highest BCUT2D eigenvalue weighted by Gasteiger charge is 2.74. The molecule has 1 amide bonds. The third-order valence-corrected chi connectivity index (χ3v) is 10.7. The summed E-state index contributed by atoms with van der Waals surface area (Å²) in [5.41, 5.74) is -0.685. The smallest absolute Gasteiger partial charge is 0.244 e. The van der Waals surface area contributed by atoms with Crippen molar-refractivity contribution < 1.29 is 22.7 Å². The van der Waals surface area contributed by atoms with E-state index in [0.717, 1.165) is 19.3 Å². The van der Waals surface area contributed by atoms with E-state index < -0.39 is 21.7 Å². The summed E-state index contributed by atoms with van der Waals surface area (Å²) in [6.45, 7) is 13.1. The van der Waals surface area contributed by atoms with Crippen molar-refractivity contribution in [3.8, 4) is 0 Å². The molecule has 3 aliphatic carbocycles. The molecule has 0 radical (unpaired) electrons. The van der Waals surface area contributed by atoms with E-state index in [0.29, 0.717) is 25.6 Å². The van der Waals surface area contributed by atoms with Crippen molar-refractivity contribution in [2.75, 3.05) is 19.0 Å². The van der Waals surface area contributed by atoms with Gasteiger partial charge in [-0.05, 0) is 50.9 Å². The molecule has 4 aliphatic rings. The van der Waals surface area contributed by atoms with Crippen LogP contribution in [-0.4, -0.2) is 49.4 Å². The van der Waals surface area contributed by atoms with Crippen LogP contribution in [-0.2, 0) is 24.3 Å². The zero-order valence-electron chi connectivity index (χ0n) is 18.1. The first-order valence-electron chi connectivity index (χ1n) is 10.7. The standard InChI is InChI=1S/C21H35NO5S/c1-7-26-21(27-8-2)15(12-18(21,3)4)17(23)22-16-11-14-9-10-20(16,19(14,5)6)13-28(22,24)25/h14-16H,7-13H2,1-6H3/t14?,15-,16?,20?/m1/s1. The predicted molar refractivity (Wildman–Crippen MR) is 106 cm³/mol. The van der Waals surface area contributed by atoms with Crippen LogP contribution in [0.15, 0.2) is 0 Å². The van der Waals surface area contributed by atoms with Crippen molar-refractivity contribution in [3.63, 3.8) is 0 Å². The fourth-order valence-corrected chi connectivity index (χ4v) is 9.75. The summed E-state index contributed by atoms with van der Waals surface area (Å²) in [6.07, 6.45) is 3.34. The highest BCUT2D eigenvalue weighted by molar-refractivity contribution is 7.90. The van der Waals surface area contributed by atoms with Gasteiger partial charge in [0.15, 0.2) is 5.79 Å². The zero-order chi connectivity index (χ0) is 20.8. The number of nitrogens with zero attached hydrogens (tertiary/aromatic N) is 1. The number of carbonyl (C=O) groups excluding carboxylic acids is 1. The summed E-state index contributed by atoms with van der Waals surface area (Å²) >= 11 is 0. The van der Waals surface area contributed by atoms with Crippen LogP contribution in [0, 0.1) is 28.1 Å². The predicted octanol–water partition coefficient (Wildman–Crippen LogP) is 3.17. The van der Waals surface area contributed by atoms with Crippen LogP contribution in [0.1, 0.15) is 67.2 Å². The molecule has 1 heterocycles. The molecule has 0 N–H and O–H groups in total. The maximum absolute atomic E-state index is 13.7. The van der Waals surface area contributed by atoms with Crippen LogP contribution < -0.4 is 0 Å². The molecule has 0 aromatic carbocycles. The van der Waals surface area contributed by atoms with Gasteiger partial charge in [-0.15, -0.1) is 0 Å². The Kier molecular flexibility index (Phi) is 4.37. The molecule has 2 bridgehead atoms. The van der Waals surface area contributed by atoms with Gasteiger partial charge in [-0.25, -0.2) is 12.7 Å². The lowest BCUT2D eigenvalue weighted by Gasteiger charge is -2.59. The molecule has 160 valence electrons. The number of fused-ring (bicyclic) bond motifs is 1. The second-order valence-electron chi connectivity index (χ2n) is 10.4. The molecule has 3 saturated carbocycles. The fraction of sp³-hybridized carbons (Fsp3) is 0.952. The molecule has 3 unspecified atom stereocenters. The van der Waals surface area contributed by atoms with E-state index in [9.17, 15) is 13.2 Å². The van der Waals surface area contributed by atoms with Gasteiger partial charge in [0.25, 0.3) is 0 Å². The first-order chi connectivity index (χ1) is 12.9. The van der Waals surface area contributed by atoms with Crippen molar-refractivity contribution in [3.05, 3.63) is 0 Å². The number of hydrogen-bond donors (Lipinski definition) is 0. The normalized spacial score (nSPS) is 40.9. The van der Waals surface area contributed by atoms with Crippen molar-refractivity contribution in [1.29, 1.82) is 0 Å². The van der Waals surface area contributed by atoms with E-state index in [-0.39, 0.29) is 33.9 Å². The van der Waals surface area contributed by atoms with Crippen LogP contribution >= 0.6 is 0 Å². The lowest BCUT2D eigenvalue weighted by atomic mass is 9.57. The van der Waals surface area contributed by atoms with Gasteiger partial charge in [0.05, 0.1) is 17.7 Å². The van der Waals surface area contributed by atoms with Crippen molar-refractivity contribution in [2.24, 2.45) is 28.1 Å². The quantitative estimate of drug-likeness (QED) is 0.647. The SMILES string of the molecule is CCOC1(OCC)[C@@H](C(=O)N2C3CC4CCC3(CS2(=O)=O)C4(C)C)CC1(C)C. The molecule has 0 aromatic rings. The van der Waals surface area contributed by atoms with Crippen LogP contribution in [0.2, 0.25) is 0 Å². The first-order valence-corrected chi connectivity index (χ1v) is 12.3. The van der Waals surface area contributed by atoms with Gasteiger partial charge in [-0.2, -0.15) is 0 Å². The largest absolute Gasteiger partial charge is 0.349 e. The molecule has 0 aromatic heterocycles. The van der Waals surface area contributed by atoms with Crippen LogP contribution in [0.5, 0.6) is 0 Å². The third kappa shape index (κ3) is 2.21. The molecular formula is C21H35NO5S. The Bertz CT molecular complexity index is 783. The number of carbonyl (C=O) groups is 1. The van der Waals surface area contributed by atoms with Crippen LogP contribution in [0.3, 0.4) is 0 Å². The summed E-state index contributed by atoms with van der Waals surface area (Å²) in [4.78, 5) is 13.7. The molecule has 4 atom stereocenters. The Morgan fingerprint density at radius 2 is 1.71 bits per heavy atom. The van der Waals surface area contributed by atoms with Gasteiger partial charge >= 0.3 is 0 Å². The number of sulfonamides is 1. The number of rotatable bonds is 5. The molecule has 1 aliphatic heterocycles. The van der Waals surface area contributed by atoms with Crippen molar-refractivity contribution in [1.82, 2.24) is 4.31 Å². The monoisotopic (exact) mass is 413 g/mol. The molecule has 1 saturated heterocycles. The average Bonchev–Trinajstić information content (AvgIpc) is 3.06. The third-order valence-electron chi connectivity index (χ3n) is 8.76. The van der Waals surface area contributed by atoms with E-state index in [1.165, 1.54) is 4.31 Å². The van der Waals surface area contributed by atoms with E-state index in [4.69, 9.17) is 9.47 Å². The summed E-state index contributed by atoms with van der Waals surface area (Å²) in [6, 6.07) is -0.205. The Morgan fingerprint density at radius 1 is 1.11 bits per heavy atom. The minimum atomic E-state index is -3.63. The molecule has 4 fully saturated rings. The lowest BCUT2D eigenvalue weighted by molar-refractivity contribution is -0.364. The summed E-state index contributed by atoms with van der Waals surface area (Å²) in [5, 5.41) is 0. The molecule has 6 nitrogen and oxygen atoms in total. The topological polar surface area (TPSA) is 72.9 Å². The fourth-order valence-electron chi connectivity index (χ4n) is 7.17. The van der Waals surface area contributed by atoms with Gasteiger partial charge in [-0.1, -0.05) is 27.7 Å². The summed E-state index contributed by atoms with van der Waals surface area (Å²) in [5.74, 6) is -1.34. The lowest BCUT2D eigenvalue weighted by Crippen LogP contribution is -2.69. The second kappa shape index (κ2) is 5.94. The minimum absolute atomic E-state index is 0.0461. The minimum Gasteiger partial charge on any atom is -0.349 e. The molecule has 1 spiro atoms. The zero-order valence-corrected chi connectivity index (χ0v) is 18.9. The molecule has 4 rings (SSSR count). The Hall–Kier alpha value is -0.660. The molecular weight excluding hydrogens is 378 g/mol. The number of hydrogen-bond acceptors (Lipinski definition) is 5. The maximum atomic E-state index is 13.7. The van der Waals surface area contributed by atoms with E-state index in [2.05, 4.69) is 13.8 Å². The highest BCUT2D eigenvalue weighted by atomic mass is 32.2. The van der Waals surface area contributed by atoms with Crippen LogP contribution in [0.25, 0.3) is 0 Å². The molecule has 28 heavy (non-hydrogen) atoms. The highest BCUT2D eigenvalue weighted by Crippen LogP contribution is 2.70. The summed E-state index contributed by atoms with van der Waals surface area (Å²) in [7, 11) is -3.63. The Balaban J connectivity index is 1.71. The van der Waals surface area contributed by atoms with Gasteiger partial charge < -0.3 is 9.47 Å². The number of amides is 1. The van der Waals surface area contributed by atoms with Gasteiger partial charge in [0.2, 0.25) is 15.9 Å². The van der Waals surface area contributed by atoms with Gasteiger partial charge in [0, 0.05) is 24.0 Å². The first kappa shape index (κ1) is 20.6. The summed E-state index contributed by atoms with van der Waals surface area (Å²) < 4.78 is 39.8. The van der Waals surface area contributed by atoms with E-state index in [1.54, 1.807) is 0 Å². The van der Waals surface area contributed by atoms with Crippen molar-refractivity contribution in [2.45, 2.75) is 79.1 Å². The number of ether oxygens (including phenoxy) is 2. The van der Waals surface area contributed by atoms with Gasteiger partial charge in [-0.3, -0.25) is 4.79 Å². The maximum Gasteiger partial charge on any atom is 0.244 e. The van der Waals surface area contributed by atoms with Crippen molar-refractivity contribution >= 4 is 15.9 Å². The Labute approximate surface area is 169 Å². The molecule has 7 heteroatoms. The second-order valence-corrected chi connectivity index (χ2v) is 12.3. The van der Waals surface area contributed by atoms with E-state index in [1.807, 2.05) is 27.7 Å². The average molecular weight is 414 g/mol. The van der Waals surface area contributed by atoms with Crippen LogP contribution in [0.4, 0.5) is 0 Å². The van der Waals surface area contributed by atoms with Gasteiger partial charge in [0.1, 0.15) is 0 Å². The van der Waals surface area contributed by atoms with E-state index >= 15 is 0 Å².